The molecule has 1 fully saturated rings. The highest BCUT2D eigenvalue weighted by atomic mass is 16.6. The molecule has 1 aliphatic rings. The van der Waals surface area contributed by atoms with Crippen molar-refractivity contribution in [3.8, 4) is 0 Å². The fraction of sp³-hybridized carbons (Fsp3) is 0.824. The summed E-state index contributed by atoms with van der Waals surface area (Å²) in [6.45, 7) is 7.30. The minimum Gasteiger partial charge on any atom is -0.469 e. The fourth-order valence-corrected chi connectivity index (χ4v) is 2.65. The van der Waals surface area contributed by atoms with Gasteiger partial charge >= 0.3 is 11.9 Å². The van der Waals surface area contributed by atoms with Crippen molar-refractivity contribution >= 4 is 17.7 Å². The molecule has 0 aliphatic carbocycles. The first-order chi connectivity index (χ1) is 11.2. The zero-order valence-corrected chi connectivity index (χ0v) is 15.1. The molecular weight excluding hydrogens is 312 g/mol. The lowest BCUT2D eigenvalue weighted by Crippen LogP contribution is -2.46. The Morgan fingerprint density at radius 1 is 1.21 bits per heavy atom. The standard InChI is InChI=1S/C17H30N2O5/c1-17(2,3)24-16(22)15(21)13(19-10-7-14(20)23-4)11-12-5-8-18-9-6-12/h12-13,18-19H,5-11H2,1-4H3. The monoisotopic (exact) mass is 342 g/mol. The van der Waals surface area contributed by atoms with Gasteiger partial charge in [0.15, 0.2) is 0 Å². The summed E-state index contributed by atoms with van der Waals surface area (Å²) in [6.07, 6.45) is 2.66. The largest absolute Gasteiger partial charge is 0.469 e. The number of rotatable bonds is 8. The van der Waals surface area contributed by atoms with Crippen molar-refractivity contribution in [3.63, 3.8) is 0 Å². The lowest BCUT2D eigenvalue weighted by Gasteiger charge is -2.27. The van der Waals surface area contributed by atoms with E-state index >= 15 is 0 Å². The van der Waals surface area contributed by atoms with Crippen LogP contribution < -0.4 is 10.6 Å². The van der Waals surface area contributed by atoms with Crippen LogP contribution in [-0.4, -0.2) is 56.1 Å². The van der Waals surface area contributed by atoms with Crippen LogP contribution in [0, 0.1) is 5.92 Å². The van der Waals surface area contributed by atoms with Crippen molar-refractivity contribution in [2.24, 2.45) is 5.92 Å². The average Bonchev–Trinajstić information content (AvgIpc) is 2.52. The fourth-order valence-electron chi connectivity index (χ4n) is 2.65. The lowest BCUT2D eigenvalue weighted by atomic mass is 9.89. The van der Waals surface area contributed by atoms with Gasteiger partial charge in [-0.15, -0.1) is 0 Å². The number of hydrogen-bond donors (Lipinski definition) is 2. The molecule has 1 unspecified atom stereocenters. The van der Waals surface area contributed by atoms with Gasteiger partial charge < -0.3 is 20.1 Å². The Hall–Kier alpha value is -1.47. The van der Waals surface area contributed by atoms with E-state index < -0.39 is 23.4 Å². The molecule has 0 saturated carbocycles. The van der Waals surface area contributed by atoms with Gasteiger partial charge in [-0.1, -0.05) is 0 Å². The van der Waals surface area contributed by atoms with Gasteiger partial charge in [0.2, 0.25) is 0 Å². The molecule has 1 heterocycles. The molecule has 0 aromatic heterocycles. The van der Waals surface area contributed by atoms with Crippen LogP contribution in [0.25, 0.3) is 0 Å². The number of nitrogens with one attached hydrogen (secondary N) is 2. The summed E-state index contributed by atoms with van der Waals surface area (Å²) in [7, 11) is 1.32. The molecule has 1 atom stereocenters. The van der Waals surface area contributed by atoms with Crippen molar-refractivity contribution in [2.45, 2.75) is 58.1 Å². The van der Waals surface area contributed by atoms with E-state index in [0.717, 1.165) is 25.9 Å². The smallest absolute Gasteiger partial charge is 0.376 e. The zero-order chi connectivity index (χ0) is 18.2. The number of ether oxygens (including phenoxy) is 2. The summed E-state index contributed by atoms with van der Waals surface area (Å²) in [5, 5.41) is 6.31. The normalized spacial score (nSPS) is 17.2. The minimum atomic E-state index is -0.827. The molecule has 1 aliphatic heterocycles. The Kier molecular flexibility index (Phi) is 8.35. The molecule has 0 radical (unpaired) electrons. The summed E-state index contributed by atoms with van der Waals surface area (Å²) in [4.78, 5) is 35.8. The number of Topliss-reactive ketones (excluding diaryl/α,β-unsaturated/α-hetero) is 1. The van der Waals surface area contributed by atoms with Gasteiger partial charge in [0.1, 0.15) is 5.60 Å². The van der Waals surface area contributed by atoms with E-state index in [1.807, 2.05) is 0 Å². The van der Waals surface area contributed by atoms with Crippen molar-refractivity contribution in [2.75, 3.05) is 26.7 Å². The molecule has 0 amide bonds. The van der Waals surface area contributed by atoms with Gasteiger partial charge in [-0.3, -0.25) is 9.59 Å². The first kappa shape index (κ1) is 20.6. The van der Waals surface area contributed by atoms with Gasteiger partial charge in [-0.2, -0.15) is 0 Å². The van der Waals surface area contributed by atoms with E-state index in [4.69, 9.17) is 4.74 Å². The topological polar surface area (TPSA) is 93.7 Å². The van der Waals surface area contributed by atoms with E-state index in [9.17, 15) is 14.4 Å². The Labute approximate surface area is 143 Å². The molecule has 2 N–H and O–H groups in total. The van der Waals surface area contributed by atoms with Crippen LogP contribution in [0.4, 0.5) is 0 Å². The molecule has 138 valence electrons. The lowest BCUT2D eigenvalue weighted by molar-refractivity contribution is -0.163. The Balaban J connectivity index is 2.65. The summed E-state index contributed by atoms with van der Waals surface area (Å²) >= 11 is 0. The van der Waals surface area contributed by atoms with Crippen LogP contribution in [0.1, 0.15) is 46.5 Å². The second-order valence-corrected chi connectivity index (χ2v) is 7.13. The SMILES string of the molecule is COC(=O)CCNC(CC1CCNCC1)C(=O)C(=O)OC(C)(C)C. The van der Waals surface area contributed by atoms with E-state index in [1.54, 1.807) is 20.8 Å². The predicted octanol–water partition coefficient (Wildman–Crippen LogP) is 0.808. The number of esters is 2. The van der Waals surface area contributed by atoms with E-state index in [2.05, 4.69) is 15.4 Å². The summed E-state index contributed by atoms with van der Waals surface area (Å²) < 4.78 is 9.78. The van der Waals surface area contributed by atoms with Crippen molar-refractivity contribution in [1.82, 2.24) is 10.6 Å². The third-order valence-corrected chi connectivity index (χ3v) is 3.89. The van der Waals surface area contributed by atoms with Gasteiger partial charge in [0.25, 0.3) is 5.78 Å². The van der Waals surface area contributed by atoms with Gasteiger partial charge in [0.05, 0.1) is 19.6 Å². The molecule has 0 aromatic carbocycles. The number of ketones is 1. The third kappa shape index (κ3) is 7.88. The zero-order valence-electron chi connectivity index (χ0n) is 15.1. The van der Waals surface area contributed by atoms with Crippen LogP contribution in [0.3, 0.4) is 0 Å². The number of carbonyl (C=O) groups is 3. The predicted molar refractivity (Wildman–Crippen MR) is 89.5 cm³/mol. The van der Waals surface area contributed by atoms with Crippen LogP contribution >= 0.6 is 0 Å². The van der Waals surface area contributed by atoms with E-state index in [-0.39, 0.29) is 18.9 Å². The van der Waals surface area contributed by atoms with Crippen LogP contribution in [0.2, 0.25) is 0 Å². The number of carbonyl (C=O) groups excluding carboxylic acids is 3. The molecule has 24 heavy (non-hydrogen) atoms. The van der Waals surface area contributed by atoms with Gasteiger partial charge in [-0.05, 0) is 59.0 Å². The molecule has 0 spiro atoms. The van der Waals surface area contributed by atoms with Crippen LogP contribution in [-0.2, 0) is 23.9 Å². The third-order valence-electron chi connectivity index (χ3n) is 3.89. The summed E-state index contributed by atoms with van der Waals surface area (Å²) in [5.74, 6) is -1.39. The molecular formula is C17H30N2O5. The Morgan fingerprint density at radius 2 is 1.83 bits per heavy atom. The number of hydrogen-bond acceptors (Lipinski definition) is 7. The van der Waals surface area contributed by atoms with E-state index in [0.29, 0.717) is 12.3 Å². The quantitative estimate of drug-likeness (QED) is 0.498. The average molecular weight is 342 g/mol. The molecule has 1 saturated heterocycles. The van der Waals surface area contributed by atoms with Crippen LogP contribution in [0.15, 0.2) is 0 Å². The molecule has 7 nitrogen and oxygen atoms in total. The maximum Gasteiger partial charge on any atom is 0.376 e. The van der Waals surface area contributed by atoms with Crippen molar-refractivity contribution in [1.29, 1.82) is 0 Å². The summed E-state index contributed by atoms with van der Waals surface area (Å²) in [6, 6.07) is -0.632. The molecule has 7 heteroatoms. The maximum atomic E-state index is 12.5. The Morgan fingerprint density at radius 3 is 2.38 bits per heavy atom. The van der Waals surface area contributed by atoms with Gasteiger partial charge in [-0.25, -0.2) is 4.79 Å². The second kappa shape index (κ2) is 9.74. The highest BCUT2D eigenvalue weighted by Crippen LogP contribution is 2.19. The molecule has 0 aromatic rings. The molecule has 1 rings (SSSR count). The van der Waals surface area contributed by atoms with Gasteiger partial charge in [0, 0.05) is 6.54 Å². The number of methoxy groups -OCH3 is 1. The summed E-state index contributed by atoms with van der Waals surface area (Å²) in [5.41, 5.74) is -0.710. The van der Waals surface area contributed by atoms with Crippen molar-refractivity contribution < 1.29 is 23.9 Å². The van der Waals surface area contributed by atoms with Crippen LogP contribution in [0.5, 0.6) is 0 Å². The maximum absolute atomic E-state index is 12.5. The van der Waals surface area contributed by atoms with Crippen molar-refractivity contribution in [3.05, 3.63) is 0 Å². The first-order valence-corrected chi connectivity index (χ1v) is 8.51. The first-order valence-electron chi connectivity index (χ1n) is 8.51. The minimum absolute atomic E-state index is 0.154. The highest BCUT2D eigenvalue weighted by Gasteiger charge is 2.31. The van der Waals surface area contributed by atoms with E-state index in [1.165, 1.54) is 7.11 Å². The Bertz CT molecular complexity index is 439. The second-order valence-electron chi connectivity index (χ2n) is 7.13. The highest BCUT2D eigenvalue weighted by molar-refractivity contribution is 6.35. The molecule has 0 bridgehead atoms. The number of piperidine rings is 1.